The molecule has 1 aliphatic rings. The van der Waals surface area contributed by atoms with Crippen LogP contribution in [0, 0.1) is 0 Å². The van der Waals surface area contributed by atoms with Crippen molar-refractivity contribution in [2.75, 3.05) is 31.6 Å². The summed E-state index contributed by atoms with van der Waals surface area (Å²) >= 11 is 1.83. The van der Waals surface area contributed by atoms with E-state index in [4.69, 9.17) is 9.72 Å². The van der Waals surface area contributed by atoms with Crippen LogP contribution in [0.25, 0.3) is 0 Å². The normalized spacial score (nSPS) is 21.7. The Morgan fingerprint density at radius 1 is 1.58 bits per heavy atom. The van der Waals surface area contributed by atoms with Gasteiger partial charge in [-0.25, -0.2) is 4.98 Å². The third-order valence-electron chi connectivity index (χ3n) is 3.64. The second-order valence-electron chi connectivity index (χ2n) is 5.27. The number of thiazole rings is 1. The first-order valence-corrected chi connectivity index (χ1v) is 7.98. The molecule has 4 nitrogen and oxygen atoms in total. The summed E-state index contributed by atoms with van der Waals surface area (Å²) in [5, 5.41) is 4.42. The molecule has 108 valence electrons. The lowest BCUT2D eigenvalue weighted by Crippen LogP contribution is -2.41. The summed E-state index contributed by atoms with van der Waals surface area (Å²) in [4.78, 5) is 8.65. The molecule has 0 saturated carbocycles. The molecule has 19 heavy (non-hydrogen) atoms. The molecule has 2 unspecified atom stereocenters. The molecule has 2 atom stereocenters. The van der Waals surface area contributed by atoms with Gasteiger partial charge in [0.2, 0.25) is 0 Å². The summed E-state index contributed by atoms with van der Waals surface area (Å²) in [5.41, 5.74) is 1.27. The van der Waals surface area contributed by atoms with Gasteiger partial charge in [-0.2, -0.15) is 0 Å². The van der Waals surface area contributed by atoms with Gasteiger partial charge in [0.15, 0.2) is 5.13 Å². The highest BCUT2D eigenvalue weighted by molar-refractivity contribution is 7.15. The van der Waals surface area contributed by atoms with Crippen molar-refractivity contribution in [1.29, 1.82) is 0 Å². The van der Waals surface area contributed by atoms with Crippen LogP contribution in [0.2, 0.25) is 0 Å². The minimum absolute atomic E-state index is 0.303. The van der Waals surface area contributed by atoms with Gasteiger partial charge in [-0.1, -0.05) is 13.8 Å². The molecule has 1 saturated heterocycles. The molecular weight excluding hydrogens is 258 g/mol. The van der Waals surface area contributed by atoms with E-state index in [-0.39, 0.29) is 0 Å². The molecule has 2 heterocycles. The molecule has 0 amide bonds. The van der Waals surface area contributed by atoms with Crippen LogP contribution in [-0.4, -0.2) is 37.8 Å². The van der Waals surface area contributed by atoms with E-state index in [1.54, 1.807) is 0 Å². The van der Waals surface area contributed by atoms with Gasteiger partial charge < -0.3 is 15.0 Å². The number of nitrogens with one attached hydrogen (secondary N) is 1. The van der Waals surface area contributed by atoms with Crippen molar-refractivity contribution >= 4 is 16.5 Å². The van der Waals surface area contributed by atoms with Crippen LogP contribution >= 0.6 is 11.3 Å². The van der Waals surface area contributed by atoms with Gasteiger partial charge in [0.1, 0.15) is 0 Å². The maximum absolute atomic E-state index is 5.61. The average Bonchev–Trinajstić information content (AvgIpc) is 2.82. The van der Waals surface area contributed by atoms with Gasteiger partial charge in [-0.05, 0) is 26.3 Å². The van der Waals surface area contributed by atoms with Crippen LogP contribution in [0.3, 0.4) is 0 Å². The molecule has 5 heteroatoms. The zero-order valence-electron chi connectivity index (χ0n) is 12.4. The van der Waals surface area contributed by atoms with E-state index >= 15 is 0 Å². The first kappa shape index (κ1) is 14.8. The summed E-state index contributed by atoms with van der Waals surface area (Å²) in [5.74, 6) is 0.534. The largest absolute Gasteiger partial charge is 0.375 e. The third kappa shape index (κ3) is 3.46. The first-order chi connectivity index (χ1) is 9.15. The lowest BCUT2D eigenvalue weighted by molar-refractivity contribution is 0.0532. The SMILES string of the molecule is CCC(C)c1nc(N2CCOC(C)C2)sc1CNC. The lowest BCUT2D eigenvalue weighted by Gasteiger charge is -2.30. The predicted molar refractivity (Wildman–Crippen MR) is 81.2 cm³/mol. The van der Waals surface area contributed by atoms with E-state index in [9.17, 15) is 0 Å². The molecular formula is C14H25N3OS. The van der Waals surface area contributed by atoms with Crippen molar-refractivity contribution in [2.24, 2.45) is 0 Å². The Morgan fingerprint density at radius 2 is 2.37 bits per heavy atom. The monoisotopic (exact) mass is 283 g/mol. The standard InChI is InChI=1S/C14H25N3OS/c1-5-10(2)13-12(8-15-4)19-14(16-13)17-6-7-18-11(3)9-17/h10-11,15H,5-9H2,1-4H3. The van der Waals surface area contributed by atoms with Crippen molar-refractivity contribution in [3.63, 3.8) is 0 Å². The Labute approximate surface area is 120 Å². The van der Waals surface area contributed by atoms with E-state index in [1.807, 2.05) is 18.4 Å². The first-order valence-electron chi connectivity index (χ1n) is 7.16. The van der Waals surface area contributed by atoms with E-state index in [1.165, 1.54) is 10.6 Å². The highest BCUT2D eigenvalue weighted by Gasteiger charge is 2.22. The fourth-order valence-electron chi connectivity index (χ4n) is 2.34. The van der Waals surface area contributed by atoms with Crippen LogP contribution in [-0.2, 0) is 11.3 Å². The topological polar surface area (TPSA) is 37.4 Å². The summed E-state index contributed by atoms with van der Waals surface area (Å²) in [6.45, 7) is 10.2. The number of nitrogens with zero attached hydrogens (tertiary/aromatic N) is 2. The number of anilines is 1. The van der Waals surface area contributed by atoms with Gasteiger partial charge in [-0.15, -0.1) is 11.3 Å². The molecule has 1 aromatic rings. The number of ether oxygens (including phenoxy) is 1. The summed E-state index contributed by atoms with van der Waals surface area (Å²) < 4.78 is 5.61. The molecule has 0 aromatic carbocycles. The Hall–Kier alpha value is -0.650. The molecule has 1 aromatic heterocycles. The number of hydrogen-bond acceptors (Lipinski definition) is 5. The highest BCUT2D eigenvalue weighted by atomic mass is 32.1. The molecule has 1 N–H and O–H groups in total. The second-order valence-corrected chi connectivity index (χ2v) is 6.33. The summed E-state index contributed by atoms with van der Waals surface area (Å²) in [6.07, 6.45) is 1.44. The maximum Gasteiger partial charge on any atom is 0.186 e. The molecule has 0 radical (unpaired) electrons. The minimum atomic E-state index is 0.303. The summed E-state index contributed by atoms with van der Waals surface area (Å²) in [7, 11) is 2.00. The van der Waals surface area contributed by atoms with Gasteiger partial charge in [-0.3, -0.25) is 0 Å². The number of morpholine rings is 1. The van der Waals surface area contributed by atoms with Crippen LogP contribution in [0.5, 0.6) is 0 Å². The Balaban J connectivity index is 2.21. The van der Waals surface area contributed by atoms with Crippen molar-refractivity contribution in [2.45, 2.75) is 45.8 Å². The second kappa shape index (κ2) is 6.68. The van der Waals surface area contributed by atoms with Crippen molar-refractivity contribution in [1.82, 2.24) is 10.3 Å². The third-order valence-corrected chi connectivity index (χ3v) is 4.78. The summed E-state index contributed by atoms with van der Waals surface area (Å²) in [6, 6.07) is 0. The van der Waals surface area contributed by atoms with E-state index in [0.29, 0.717) is 12.0 Å². The van der Waals surface area contributed by atoms with E-state index < -0.39 is 0 Å². The smallest absolute Gasteiger partial charge is 0.186 e. The fraction of sp³-hybridized carbons (Fsp3) is 0.786. The van der Waals surface area contributed by atoms with E-state index in [0.717, 1.165) is 37.8 Å². The predicted octanol–water partition coefficient (Wildman–Crippen LogP) is 2.60. The van der Waals surface area contributed by atoms with Crippen LogP contribution in [0.4, 0.5) is 5.13 Å². The minimum Gasteiger partial charge on any atom is -0.375 e. The molecule has 0 aliphatic carbocycles. The number of aromatic nitrogens is 1. The zero-order valence-corrected chi connectivity index (χ0v) is 13.2. The molecule has 1 fully saturated rings. The van der Waals surface area contributed by atoms with Crippen LogP contribution < -0.4 is 10.2 Å². The van der Waals surface area contributed by atoms with Crippen molar-refractivity contribution < 1.29 is 4.74 Å². The Bertz CT molecular complexity index is 407. The quantitative estimate of drug-likeness (QED) is 0.901. The van der Waals surface area contributed by atoms with E-state index in [2.05, 4.69) is 31.0 Å². The highest BCUT2D eigenvalue weighted by Crippen LogP contribution is 2.32. The van der Waals surface area contributed by atoms with Crippen molar-refractivity contribution in [3.8, 4) is 0 Å². The van der Waals surface area contributed by atoms with Crippen molar-refractivity contribution in [3.05, 3.63) is 10.6 Å². The van der Waals surface area contributed by atoms with Gasteiger partial charge in [0.05, 0.1) is 18.4 Å². The Kier molecular flexibility index (Phi) is 5.19. The van der Waals surface area contributed by atoms with Gasteiger partial charge in [0.25, 0.3) is 0 Å². The van der Waals surface area contributed by atoms with Gasteiger partial charge >= 0.3 is 0 Å². The zero-order chi connectivity index (χ0) is 13.8. The number of hydrogen-bond donors (Lipinski definition) is 1. The maximum atomic E-state index is 5.61. The van der Waals surface area contributed by atoms with Crippen LogP contribution in [0.15, 0.2) is 0 Å². The van der Waals surface area contributed by atoms with Crippen LogP contribution in [0.1, 0.15) is 43.7 Å². The molecule has 2 rings (SSSR count). The molecule has 0 bridgehead atoms. The number of rotatable bonds is 5. The fourth-order valence-corrected chi connectivity index (χ4v) is 3.57. The molecule has 0 spiro atoms. The van der Waals surface area contributed by atoms with Gasteiger partial charge in [0, 0.05) is 24.5 Å². The Morgan fingerprint density at radius 3 is 3.00 bits per heavy atom. The molecule has 1 aliphatic heterocycles. The average molecular weight is 283 g/mol. The lowest BCUT2D eigenvalue weighted by atomic mass is 10.0.